The van der Waals surface area contributed by atoms with Crippen LogP contribution in [0.3, 0.4) is 0 Å². The van der Waals surface area contributed by atoms with E-state index in [-0.39, 0.29) is 18.8 Å². The van der Waals surface area contributed by atoms with Crippen LogP contribution in [0.1, 0.15) is 113 Å². The number of alkyl halides is 3. The lowest BCUT2D eigenvalue weighted by atomic mass is 9.74. The van der Waals surface area contributed by atoms with Gasteiger partial charge in [-0.05, 0) is 62.2 Å². The van der Waals surface area contributed by atoms with Crippen molar-refractivity contribution in [2.75, 3.05) is 0 Å². The third-order valence-corrected chi connectivity index (χ3v) is 6.48. The summed E-state index contributed by atoms with van der Waals surface area (Å²) in [5, 5.41) is 10.1. The van der Waals surface area contributed by atoms with E-state index in [1.807, 2.05) is 27.7 Å². The highest BCUT2D eigenvalue weighted by Gasteiger charge is 2.46. The van der Waals surface area contributed by atoms with Crippen molar-refractivity contribution < 1.29 is 18.3 Å². The number of halogens is 3. The number of hydrogen-bond donors (Lipinski definition) is 1. The number of rotatable bonds is 4. The molecule has 0 aromatic rings. The van der Waals surface area contributed by atoms with E-state index < -0.39 is 17.7 Å². The predicted molar refractivity (Wildman–Crippen MR) is 114 cm³/mol. The lowest BCUT2D eigenvalue weighted by Crippen LogP contribution is -2.41. The average molecular weight is 409 g/mol. The zero-order valence-corrected chi connectivity index (χ0v) is 19.5. The van der Waals surface area contributed by atoms with E-state index >= 15 is 0 Å². The molecule has 0 aromatic carbocycles. The van der Waals surface area contributed by atoms with Crippen LogP contribution in [0, 0.1) is 29.6 Å². The highest BCUT2D eigenvalue weighted by Crippen LogP contribution is 2.43. The molecule has 5 atom stereocenters. The Morgan fingerprint density at radius 1 is 1.04 bits per heavy atom. The second-order valence-corrected chi connectivity index (χ2v) is 9.58. The molecule has 4 heteroatoms. The summed E-state index contributed by atoms with van der Waals surface area (Å²) in [5.41, 5.74) is -1.09. The number of aliphatic hydroxyl groups is 1. The molecule has 0 aliphatic heterocycles. The molecular weight excluding hydrogens is 361 g/mol. The molecule has 2 aliphatic rings. The van der Waals surface area contributed by atoms with Crippen molar-refractivity contribution >= 4 is 0 Å². The summed E-state index contributed by atoms with van der Waals surface area (Å²) in [4.78, 5) is 0. The Hall–Kier alpha value is -0.250. The smallest absolute Gasteiger partial charge is 0.390 e. The first kappa shape index (κ1) is 27.8. The molecule has 1 nitrogen and oxygen atoms in total. The van der Waals surface area contributed by atoms with Gasteiger partial charge in [0.15, 0.2) is 0 Å². The van der Waals surface area contributed by atoms with Gasteiger partial charge < -0.3 is 5.11 Å². The van der Waals surface area contributed by atoms with Gasteiger partial charge in [0.1, 0.15) is 0 Å². The molecule has 5 unspecified atom stereocenters. The van der Waals surface area contributed by atoms with Crippen molar-refractivity contribution in [2.45, 2.75) is 124 Å². The SMILES string of the molecule is CC.CC(C)CC1(O)CCCC(C(F)(F)F)C1.CCCC1CCC(C)C(C)C1. The summed E-state index contributed by atoms with van der Waals surface area (Å²) in [6, 6.07) is 0. The van der Waals surface area contributed by atoms with Crippen LogP contribution < -0.4 is 0 Å². The second-order valence-electron chi connectivity index (χ2n) is 9.58. The zero-order chi connectivity index (χ0) is 22.0. The molecule has 2 aliphatic carbocycles. The Morgan fingerprint density at radius 2 is 1.64 bits per heavy atom. The molecule has 0 aromatic heterocycles. The monoisotopic (exact) mass is 408 g/mol. The third kappa shape index (κ3) is 10.5. The lowest BCUT2D eigenvalue weighted by Gasteiger charge is -2.38. The molecule has 0 amide bonds. The summed E-state index contributed by atoms with van der Waals surface area (Å²) in [7, 11) is 0. The highest BCUT2D eigenvalue weighted by atomic mass is 19.4. The summed E-state index contributed by atoms with van der Waals surface area (Å²) in [6.45, 7) is 15.0. The van der Waals surface area contributed by atoms with Crippen molar-refractivity contribution in [3.63, 3.8) is 0 Å². The summed E-state index contributed by atoms with van der Waals surface area (Å²) in [5.74, 6) is 1.96. The Labute approximate surface area is 172 Å². The predicted octanol–water partition coefficient (Wildman–Crippen LogP) is 8.40. The Balaban J connectivity index is 0.000000497. The first-order chi connectivity index (χ1) is 13.0. The van der Waals surface area contributed by atoms with E-state index in [2.05, 4.69) is 20.8 Å². The zero-order valence-electron chi connectivity index (χ0n) is 19.5. The maximum Gasteiger partial charge on any atom is 0.391 e. The van der Waals surface area contributed by atoms with Crippen LogP contribution >= 0.6 is 0 Å². The van der Waals surface area contributed by atoms with Gasteiger partial charge in [-0.3, -0.25) is 0 Å². The van der Waals surface area contributed by atoms with Gasteiger partial charge in [0, 0.05) is 0 Å². The summed E-state index contributed by atoms with van der Waals surface area (Å²) < 4.78 is 37.5. The molecule has 0 spiro atoms. The van der Waals surface area contributed by atoms with E-state index in [0.29, 0.717) is 19.3 Å². The fourth-order valence-corrected chi connectivity index (χ4v) is 4.89. The first-order valence-corrected chi connectivity index (χ1v) is 11.8. The normalized spacial score (nSPS) is 33.4. The van der Waals surface area contributed by atoms with Crippen LogP contribution in [0.4, 0.5) is 13.2 Å². The Kier molecular flexibility index (Phi) is 13.0. The molecule has 2 fully saturated rings. The first-order valence-electron chi connectivity index (χ1n) is 11.8. The van der Waals surface area contributed by atoms with Gasteiger partial charge in [0.25, 0.3) is 0 Å². The number of hydrogen-bond acceptors (Lipinski definition) is 1. The molecule has 1 N–H and O–H groups in total. The molecular formula is C24H47F3O. The van der Waals surface area contributed by atoms with Crippen LogP contribution in [-0.2, 0) is 0 Å². The minimum atomic E-state index is -4.15. The standard InChI is InChI=1S/C11H19F3O.C11H22.C2H6/c1-8(2)6-10(15)5-3-4-9(7-10)11(12,13)14;1-4-5-11-7-6-9(2)10(3)8-11;1-2/h8-9,15H,3-7H2,1-2H3;9-11H,4-8H2,1-3H3;1-2H3. The fraction of sp³-hybridized carbons (Fsp3) is 1.00. The average Bonchev–Trinajstić information content (AvgIpc) is 2.59. The van der Waals surface area contributed by atoms with Crippen molar-refractivity contribution in [1.82, 2.24) is 0 Å². The van der Waals surface area contributed by atoms with Crippen molar-refractivity contribution in [3.05, 3.63) is 0 Å². The van der Waals surface area contributed by atoms with Gasteiger partial charge in [0.05, 0.1) is 11.5 Å². The van der Waals surface area contributed by atoms with E-state index in [1.165, 1.54) is 32.1 Å². The Bertz CT molecular complexity index is 394. The van der Waals surface area contributed by atoms with Gasteiger partial charge in [-0.1, -0.05) is 74.1 Å². The Morgan fingerprint density at radius 3 is 2.11 bits per heavy atom. The van der Waals surface area contributed by atoms with Crippen LogP contribution in [0.2, 0.25) is 0 Å². The minimum absolute atomic E-state index is 0.116. The second kappa shape index (κ2) is 13.1. The van der Waals surface area contributed by atoms with Gasteiger partial charge in [-0.2, -0.15) is 13.2 Å². The molecule has 0 heterocycles. The highest BCUT2D eigenvalue weighted by molar-refractivity contribution is 4.89. The largest absolute Gasteiger partial charge is 0.391 e. The van der Waals surface area contributed by atoms with E-state index in [1.54, 1.807) is 0 Å². The van der Waals surface area contributed by atoms with Crippen LogP contribution in [-0.4, -0.2) is 16.9 Å². The molecule has 0 saturated heterocycles. The van der Waals surface area contributed by atoms with Crippen molar-refractivity contribution in [2.24, 2.45) is 29.6 Å². The maximum atomic E-state index is 12.5. The van der Waals surface area contributed by atoms with Crippen molar-refractivity contribution in [1.29, 1.82) is 0 Å². The summed E-state index contributed by atoms with van der Waals surface area (Å²) in [6.07, 6.45) is 4.69. The molecule has 2 saturated carbocycles. The molecule has 0 radical (unpaired) electrons. The minimum Gasteiger partial charge on any atom is -0.390 e. The quantitative estimate of drug-likeness (QED) is 0.495. The maximum absolute atomic E-state index is 12.5. The summed E-state index contributed by atoms with van der Waals surface area (Å²) >= 11 is 0. The van der Waals surface area contributed by atoms with E-state index in [9.17, 15) is 18.3 Å². The van der Waals surface area contributed by atoms with Crippen LogP contribution in [0.15, 0.2) is 0 Å². The molecule has 28 heavy (non-hydrogen) atoms. The van der Waals surface area contributed by atoms with Gasteiger partial charge >= 0.3 is 6.18 Å². The van der Waals surface area contributed by atoms with Crippen LogP contribution in [0.25, 0.3) is 0 Å². The third-order valence-electron chi connectivity index (χ3n) is 6.48. The lowest BCUT2D eigenvalue weighted by molar-refractivity contribution is -0.202. The van der Waals surface area contributed by atoms with Gasteiger partial charge in [0.2, 0.25) is 0 Å². The van der Waals surface area contributed by atoms with E-state index in [0.717, 1.165) is 17.8 Å². The molecule has 2 rings (SSSR count). The van der Waals surface area contributed by atoms with Gasteiger partial charge in [-0.15, -0.1) is 0 Å². The topological polar surface area (TPSA) is 20.2 Å². The molecule has 0 bridgehead atoms. The van der Waals surface area contributed by atoms with Crippen molar-refractivity contribution in [3.8, 4) is 0 Å². The van der Waals surface area contributed by atoms with E-state index in [4.69, 9.17) is 0 Å². The molecule has 170 valence electrons. The van der Waals surface area contributed by atoms with Crippen LogP contribution in [0.5, 0.6) is 0 Å². The van der Waals surface area contributed by atoms with Gasteiger partial charge in [-0.25, -0.2) is 0 Å². The fourth-order valence-electron chi connectivity index (χ4n) is 4.89.